The molecule has 106 valence electrons. The molecule has 0 saturated carbocycles. The van der Waals surface area contributed by atoms with Crippen molar-refractivity contribution in [3.05, 3.63) is 35.9 Å². The van der Waals surface area contributed by atoms with Crippen LogP contribution in [0.1, 0.15) is 18.4 Å². The monoisotopic (exact) mass is 275 g/mol. The molecule has 0 aliphatic carbocycles. The highest BCUT2D eigenvalue weighted by Crippen LogP contribution is 2.17. The summed E-state index contributed by atoms with van der Waals surface area (Å²) in [5.41, 5.74) is 1.05. The minimum Gasteiger partial charge on any atom is -0.456 e. The SMILES string of the molecule is N/N=C/C(=O)O[C@H]1CCC(=O)N(Cc2ccccc2)C1. The molecule has 2 N–H and O–H groups in total. The number of amides is 1. The first-order valence-corrected chi connectivity index (χ1v) is 6.44. The Balaban J connectivity index is 1.94. The zero-order valence-electron chi connectivity index (χ0n) is 11.1. The Bertz CT molecular complexity index is 502. The quantitative estimate of drug-likeness (QED) is 0.379. The molecule has 1 aromatic rings. The minimum absolute atomic E-state index is 0.0774. The van der Waals surface area contributed by atoms with Crippen molar-refractivity contribution in [3.8, 4) is 0 Å². The van der Waals surface area contributed by atoms with E-state index in [4.69, 9.17) is 10.6 Å². The predicted molar refractivity (Wildman–Crippen MR) is 73.7 cm³/mol. The Morgan fingerprint density at radius 3 is 2.90 bits per heavy atom. The molecule has 20 heavy (non-hydrogen) atoms. The van der Waals surface area contributed by atoms with Crippen molar-refractivity contribution in [3.63, 3.8) is 0 Å². The van der Waals surface area contributed by atoms with Gasteiger partial charge in [0.2, 0.25) is 5.91 Å². The van der Waals surface area contributed by atoms with Crippen molar-refractivity contribution in [1.29, 1.82) is 0 Å². The number of rotatable bonds is 4. The van der Waals surface area contributed by atoms with E-state index in [1.807, 2.05) is 30.3 Å². The third-order valence-electron chi connectivity index (χ3n) is 3.14. The van der Waals surface area contributed by atoms with E-state index in [-0.39, 0.29) is 12.0 Å². The Morgan fingerprint density at radius 1 is 1.45 bits per heavy atom. The van der Waals surface area contributed by atoms with Crippen LogP contribution in [0.15, 0.2) is 35.4 Å². The molecule has 6 heteroatoms. The number of hydrazone groups is 1. The van der Waals surface area contributed by atoms with Crippen molar-refractivity contribution in [2.75, 3.05) is 6.54 Å². The second kappa shape index (κ2) is 6.70. The number of likely N-dealkylation sites (tertiary alicyclic amines) is 1. The molecule has 0 spiro atoms. The molecule has 1 saturated heterocycles. The van der Waals surface area contributed by atoms with Gasteiger partial charge < -0.3 is 15.5 Å². The number of piperidine rings is 1. The van der Waals surface area contributed by atoms with Gasteiger partial charge in [0.25, 0.3) is 0 Å². The van der Waals surface area contributed by atoms with E-state index in [0.717, 1.165) is 11.8 Å². The Labute approximate surface area is 117 Å². The third-order valence-corrected chi connectivity index (χ3v) is 3.14. The number of hydrogen-bond acceptors (Lipinski definition) is 5. The molecule has 0 unspecified atom stereocenters. The van der Waals surface area contributed by atoms with Crippen molar-refractivity contribution in [2.24, 2.45) is 10.9 Å². The first-order valence-electron chi connectivity index (χ1n) is 6.44. The molecule has 1 aliphatic heterocycles. The number of hydrogen-bond donors (Lipinski definition) is 1. The molecule has 1 heterocycles. The summed E-state index contributed by atoms with van der Waals surface area (Å²) in [6, 6.07) is 9.71. The second-order valence-electron chi connectivity index (χ2n) is 4.64. The van der Waals surface area contributed by atoms with E-state index in [1.54, 1.807) is 4.90 Å². The van der Waals surface area contributed by atoms with E-state index in [1.165, 1.54) is 0 Å². The molecule has 0 bridgehead atoms. The summed E-state index contributed by atoms with van der Waals surface area (Å²) in [5, 5.41) is 3.12. The van der Waals surface area contributed by atoms with Crippen LogP contribution in [0.2, 0.25) is 0 Å². The minimum atomic E-state index is -0.577. The Hall–Kier alpha value is -2.37. The normalized spacial score (nSPS) is 19.3. The Morgan fingerprint density at radius 2 is 2.20 bits per heavy atom. The van der Waals surface area contributed by atoms with Crippen LogP contribution in [-0.4, -0.2) is 35.6 Å². The van der Waals surface area contributed by atoms with Gasteiger partial charge in [-0.15, -0.1) is 0 Å². The first-order chi connectivity index (χ1) is 9.69. The van der Waals surface area contributed by atoms with Gasteiger partial charge in [0, 0.05) is 13.0 Å². The fourth-order valence-electron chi connectivity index (χ4n) is 2.19. The molecule has 0 radical (unpaired) electrons. The van der Waals surface area contributed by atoms with E-state index >= 15 is 0 Å². The highest BCUT2D eigenvalue weighted by molar-refractivity contribution is 6.23. The topological polar surface area (TPSA) is 85.0 Å². The number of ether oxygens (including phenoxy) is 1. The fourth-order valence-corrected chi connectivity index (χ4v) is 2.19. The summed E-state index contributed by atoms with van der Waals surface area (Å²) in [4.78, 5) is 24.9. The van der Waals surface area contributed by atoms with Gasteiger partial charge in [-0.3, -0.25) is 4.79 Å². The molecule has 1 fully saturated rings. The maximum atomic E-state index is 11.9. The maximum absolute atomic E-state index is 11.9. The molecular weight excluding hydrogens is 258 g/mol. The van der Waals surface area contributed by atoms with Crippen LogP contribution in [-0.2, 0) is 20.9 Å². The highest BCUT2D eigenvalue weighted by atomic mass is 16.5. The van der Waals surface area contributed by atoms with Gasteiger partial charge in [-0.1, -0.05) is 30.3 Å². The lowest BCUT2D eigenvalue weighted by Gasteiger charge is -2.32. The Kier molecular flexibility index (Phi) is 4.70. The van der Waals surface area contributed by atoms with Crippen molar-refractivity contribution in [1.82, 2.24) is 4.90 Å². The van der Waals surface area contributed by atoms with Crippen LogP contribution in [0.25, 0.3) is 0 Å². The summed E-state index contributed by atoms with van der Waals surface area (Å²) in [5.74, 6) is 4.39. The number of nitrogens with zero attached hydrogens (tertiary/aromatic N) is 2. The molecule has 1 amide bonds. The summed E-state index contributed by atoms with van der Waals surface area (Å²) < 4.78 is 5.19. The largest absolute Gasteiger partial charge is 0.456 e. The van der Waals surface area contributed by atoms with Crippen molar-refractivity contribution in [2.45, 2.75) is 25.5 Å². The van der Waals surface area contributed by atoms with E-state index in [0.29, 0.717) is 25.9 Å². The smallest absolute Gasteiger partial charge is 0.351 e. The van der Waals surface area contributed by atoms with Crippen molar-refractivity contribution < 1.29 is 14.3 Å². The fraction of sp³-hybridized carbons (Fsp3) is 0.357. The second-order valence-corrected chi connectivity index (χ2v) is 4.64. The molecule has 1 aromatic carbocycles. The number of benzene rings is 1. The zero-order valence-corrected chi connectivity index (χ0v) is 11.1. The number of carbonyl (C=O) groups excluding carboxylic acids is 2. The summed E-state index contributed by atoms with van der Waals surface area (Å²) in [6.07, 6.45) is 1.54. The lowest BCUT2D eigenvalue weighted by Crippen LogP contribution is -2.43. The average molecular weight is 275 g/mol. The van der Waals surface area contributed by atoms with Gasteiger partial charge in [-0.25, -0.2) is 4.79 Å². The van der Waals surface area contributed by atoms with E-state index < -0.39 is 5.97 Å². The first kappa shape index (κ1) is 14.0. The zero-order chi connectivity index (χ0) is 14.4. The van der Waals surface area contributed by atoms with Crippen molar-refractivity contribution >= 4 is 18.1 Å². The molecule has 0 aromatic heterocycles. The van der Waals surface area contributed by atoms with E-state index in [2.05, 4.69) is 5.10 Å². The van der Waals surface area contributed by atoms with Crippen LogP contribution in [0, 0.1) is 0 Å². The lowest BCUT2D eigenvalue weighted by molar-refractivity contribution is -0.150. The lowest BCUT2D eigenvalue weighted by atomic mass is 10.1. The van der Waals surface area contributed by atoms with E-state index in [9.17, 15) is 9.59 Å². The average Bonchev–Trinajstić information content (AvgIpc) is 2.44. The molecule has 1 atom stereocenters. The van der Waals surface area contributed by atoms with Gasteiger partial charge in [0.1, 0.15) is 12.3 Å². The van der Waals surface area contributed by atoms with Crippen LogP contribution < -0.4 is 5.84 Å². The predicted octanol–water partition coefficient (Wildman–Crippen LogP) is 0.665. The summed E-state index contributed by atoms with van der Waals surface area (Å²) in [6.45, 7) is 0.927. The number of carbonyl (C=O) groups is 2. The standard InChI is InChI=1S/C14H17N3O3/c15-16-8-14(19)20-12-6-7-13(18)17(10-12)9-11-4-2-1-3-5-11/h1-5,8,12H,6-7,9-10,15H2/b16-8+/t12-/m0/s1. The van der Waals surface area contributed by atoms with Crippen LogP contribution >= 0.6 is 0 Å². The molecule has 6 nitrogen and oxygen atoms in total. The maximum Gasteiger partial charge on any atom is 0.351 e. The van der Waals surface area contributed by atoms with Gasteiger partial charge in [0.05, 0.1) is 6.54 Å². The number of esters is 1. The van der Waals surface area contributed by atoms with Gasteiger partial charge >= 0.3 is 5.97 Å². The molecule has 2 rings (SSSR count). The van der Waals surface area contributed by atoms with Crippen LogP contribution in [0.5, 0.6) is 0 Å². The van der Waals surface area contributed by atoms with Crippen LogP contribution in [0.3, 0.4) is 0 Å². The number of nitrogens with two attached hydrogens (primary N) is 1. The van der Waals surface area contributed by atoms with Gasteiger partial charge in [0.15, 0.2) is 0 Å². The molecule has 1 aliphatic rings. The van der Waals surface area contributed by atoms with Crippen LogP contribution in [0.4, 0.5) is 0 Å². The molecular formula is C14H17N3O3. The summed E-state index contributed by atoms with van der Waals surface area (Å²) in [7, 11) is 0. The van der Waals surface area contributed by atoms with Gasteiger partial charge in [-0.2, -0.15) is 5.10 Å². The highest BCUT2D eigenvalue weighted by Gasteiger charge is 2.27. The summed E-state index contributed by atoms with van der Waals surface area (Å²) >= 11 is 0. The third kappa shape index (κ3) is 3.81. The van der Waals surface area contributed by atoms with Gasteiger partial charge in [-0.05, 0) is 12.0 Å².